The number of rotatable bonds is 13. The molecule has 0 aromatic heterocycles. The van der Waals surface area contributed by atoms with Crippen LogP contribution < -0.4 is 15.4 Å². The number of terminal acetylenes is 1. The Bertz CT molecular complexity index is 1210. The Hall–Kier alpha value is -3.63. The third kappa shape index (κ3) is 11.7. The summed E-state index contributed by atoms with van der Waals surface area (Å²) in [5, 5.41) is 5.47. The van der Waals surface area contributed by atoms with Gasteiger partial charge in [-0.2, -0.15) is 0 Å². The molecule has 2 rings (SSSR count). The molecule has 1 aromatic carbocycles. The van der Waals surface area contributed by atoms with Crippen molar-refractivity contribution < 1.29 is 57.2 Å². The number of esters is 3. The molecule has 14 nitrogen and oxygen atoms in total. The Labute approximate surface area is 243 Å². The highest BCUT2D eigenvalue weighted by atomic mass is 31.2. The lowest BCUT2D eigenvalue weighted by molar-refractivity contribution is -0.283. The third-order valence-electron chi connectivity index (χ3n) is 5.93. The van der Waals surface area contributed by atoms with Crippen LogP contribution in [-0.2, 0) is 37.9 Å². The number of carbonyl (C=O) groups is 4. The van der Waals surface area contributed by atoms with Crippen molar-refractivity contribution in [2.24, 2.45) is 0 Å². The van der Waals surface area contributed by atoms with Gasteiger partial charge in [-0.25, -0.2) is 4.79 Å². The molecule has 42 heavy (non-hydrogen) atoms. The molecule has 1 fully saturated rings. The van der Waals surface area contributed by atoms with Crippen molar-refractivity contribution in [3.8, 4) is 18.1 Å². The van der Waals surface area contributed by atoms with E-state index in [1.807, 2.05) is 0 Å². The van der Waals surface area contributed by atoms with Crippen LogP contribution in [0.4, 0.5) is 10.5 Å². The van der Waals surface area contributed by atoms with Gasteiger partial charge in [0.05, 0.1) is 6.16 Å². The van der Waals surface area contributed by atoms with Crippen LogP contribution in [0.5, 0.6) is 5.75 Å². The molecule has 0 spiro atoms. The molecule has 15 heteroatoms. The Kier molecular flexibility index (Phi) is 13.3. The maximum Gasteiger partial charge on any atom is 0.325 e. The number of ether oxygens (including phenoxy) is 5. The number of nitrogens with one attached hydrogen (secondary N) is 2. The molecule has 0 unspecified atom stereocenters. The lowest BCUT2D eigenvalue weighted by Gasteiger charge is -2.44. The average molecular weight is 613 g/mol. The minimum atomic E-state index is -4.50. The molecule has 1 saturated heterocycles. The van der Waals surface area contributed by atoms with E-state index < -0.39 is 68.4 Å². The summed E-state index contributed by atoms with van der Waals surface area (Å²) < 4.78 is 39.6. The number of benzene rings is 1. The fourth-order valence-electron chi connectivity index (χ4n) is 4.18. The van der Waals surface area contributed by atoms with E-state index in [0.717, 1.165) is 33.6 Å². The summed E-state index contributed by atoms with van der Waals surface area (Å²) in [5.74, 6) is 0.361. The van der Waals surface area contributed by atoms with Gasteiger partial charge in [0.15, 0.2) is 12.2 Å². The van der Waals surface area contributed by atoms with Crippen molar-refractivity contribution in [1.29, 1.82) is 0 Å². The molecule has 0 bridgehead atoms. The first-order chi connectivity index (χ1) is 19.7. The molecular weight excluding hydrogens is 575 g/mol. The highest BCUT2D eigenvalue weighted by Crippen LogP contribution is 2.39. The van der Waals surface area contributed by atoms with Crippen molar-refractivity contribution in [3.05, 3.63) is 23.8 Å². The van der Waals surface area contributed by atoms with E-state index in [9.17, 15) is 33.5 Å². The largest absolute Gasteiger partial charge is 0.461 e. The maximum atomic E-state index is 12.2. The van der Waals surface area contributed by atoms with E-state index in [1.165, 1.54) is 6.07 Å². The molecule has 0 saturated carbocycles. The summed E-state index contributed by atoms with van der Waals surface area (Å²) in [6, 6.07) is 4.24. The maximum absolute atomic E-state index is 12.2. The SMILES string of the molecule is C#CCCCCNC(=O)Nc1ccc(O[C@H]2O[C@H](CCP(=O)(O)O)[C@@H](OC(C)=O)[C@H](OC(C)=O)[C@@H]2OC(C)=O)cc1C. The van der Waals surface area contributed by atoms with Gasteiger partial charge in [-0.1, -0.05) is 0 Å². The van der Waals surface area contributed by atoms with E-state index in [4.69, 9.17) is 30.1 Å². The van der Waals surface area contributed by atoms with Gasteiger partial charge in [-0.05, 0) is 49.9 Å². The molecule has 1 aromatic rings. The molecule has 4 N–H and O–H groups in total. The Morgan fingerprint density at radius 3 is 2.19 bits per heavy atom. The van der Waals surface area contributed by atoms with Gasteiger partial charge >= 0.3 is 31.5 Å². The minimum absolute atomic E-state index is 0.205. The average Bonchev–Trinajstić information content (AvgIpc) is 2.86. The quantitative estimate of drug-likeness (QED) is 0.0836. The van der Waals surface area contributed by atoms with Gasteiger partial charge < -0.3 is 44.1 Å². The van der Waals surface area contributed by atoms with Gasteiger partial charge in [0, 0.05) is 39.4 Å². The predicted octanol–water partition coefficient (Wildman–Crippen LogP) is 2.39. The van der Waals surface area contributed by atoms with E-state index in [-0.39, 0.29) is 12.2 Å². The van der Waals surface area contributed by atoms with Crippen LogP contribution in [0.2, 0.25) is 0 Å². The standard InChI is InChI=1S/C27H37N2O12P/c1-6-7-8-9-13-28-27(33)29-21-11-10-20(15-16(21)2)40-26-25(39-19(5)32)24(38-18(4)31)23(37-17(3)30)22(41-26)12-14-42(34,35)36/h1,10-11,15,22-26H,7-9,12-14H2,2-5H3,(H2,28,29,33)(H2,34,35,36)/t22-,23-,24+,25+,26+/m1/s1. The second-order valence-corrected chi connectivity index (χ2v) is 11.4. The first kappa shape index (κ1) is 34.6. The molecule has 232 valence electrons. The minimum Gasteiger partial charge on any atom is -0.461 e. The van der Waals surface area contributed by atoms with Crippen LogP contribution in [0.25, 0.3) is 0 Å². The van der Waals surface area contributed by atoms with Crippen molar-refractivity contribution in [2.75, 3.05) is 18.0 Å². The number of carbonyl (C=O) groups excluding carboxylic acids is 4. The van der Waals surface area contributed by atoms with Gasteiger partial charge in [0.2, 0.25) is 12.4 Å². The molecule has 1 heterocycles. The first-order valence-electron chi connectivity index (χ1n) is 13.2. The first-order valence-corrected chi connectivity index (χ1v) is 15.0. The molecule has 1 aliphatic heterocycles. The van der Waals surface area contributed by atoms with E-state index in [0.29, 0.717) is 24.2 Å². The summed E-state index contributed by atoms with van der Waals surface area (Å²) in [6.07, 6.45) is -0.478. The summed E-state index contributed by atoms with van der Waals surface area (Å²) in [4.78, 5) is 67.0. The van der Waals surface area contributed by atoms with Crippen LogP contribution in [-0.4, -0.2) is 77.1 Å². The summed E-state index contributed by atoms with van der Waals surface area (Å²) >= 11 is 0. The summed E-state index contributed by atoms with van der Waals surface area (Å²) in [5.41, 5.74) is 1.08. The molecule has 5 atom stereocenters. The van der Waals surface area contributed by atoms with Gasteiger partial charge in [-0.3, -0.25) is 18.9 Å². The molecular formula is C27H37N2O12P. The van der Waals surface area contributed by atoms with Crippen LogP contribution in [0, 0.1) is 19.3 Å². The monoisotopic (exact) mass is 612 g/mol. The number of anilines is 1. The fraction of sp³-hybridized carbons (Fsp3) is 0.556. The lowest BCUT2D eigenvalue weighted by Crippen LogP contribution is -2.62. The van der Waals surface area contributed by atoms with Crippen molar-refractivity contribution >= 4 is 37.2 Å². The number of aryl methyl sites for hydroxylation is 1. The lowest BCUT2D eigenvalue weighted by atomic mass is 9.96. The topological polar surface area (TPSA) is 196 Å². The van der Waals surface area contributed by atoms with E-state index in [1.54, 1.807) is 19.1 Å². The summed E-state index contributed by atoms with van der Waals surface area (Å²) in [6.45, 7) is 5.45. The zero-order valence-electron chi connectivity index (χ0n) is 23.9. The number of unbranched alkanes of at least 4 members (excludes halogenated alkanes) is 2. The second-order valence-electron chi connectivity index (χ2n) is 9.58. The molecule has 0 radical (unpaired) electrons. The Morgan fingerprint density at radius 2 is 1.62 bits per heavy atom. The number of amides is 2. The molecule has 1 aliphatic rings. The van der Waals surface area contributed by atoms with Crippen LogP contribution in [0.3, 0.4) is 0 Å². The van der Waals surface area contributed by atoms with Gasteiger partial charge in [0.1, 0.15) is 11.9 Å². The van der Waals surface area contributed by atoms with Gasteiger partial charge in [-0.15, -0.1) is 12.3 Å². The van der Waals surface area contributed by atoms with Crippen molar-refractivity contribution in [2.45, 2.75) is 84.1 Å². The smallest absolute Gasteiger partial charge is 0.325 e. The molecule has 2 amide bonds. The molecule has 0 aliphatic carbocycles. The second kappa shape index (κ2) is 16.1. The van der Waals surface area contributed by atoms with Gasteiger partial charge in [0.25, 0.3) is 0 Å². The highest BCUT2D eigenvalue weighted by Gasteiger charge is 2.53. The van der Waals surface area contributed by atoms with E-state index >= 15 is 0 Å². The normalized spacial score (nSPS) is 21.8. The van der Waals surface area contributed by atoms with Crippen molar-refractivity contribution in [3.63, 3.8) is 0 Å². The number of hydrogen-bond acceptors (Lipinski definition) is 10. The van der Waals surface area contributed by atoms with Crippen LogP contribution in [0.15, 0.2) is 18.2 Å². The third-order valence-corrected chi connectivity index (χ3v) is 6.77. The van der Waals surface area contributed by atoms with Crippen LogP contribution in [0.1, 0.15) is 52.0 Å². The highest BCUT2D eigenvalue weighted by molar-refractivity contribution is 7.51. The number of urea groups is 1. The van der Waals surface area contributed by atoms with Crippen LogP contribution >= 0.6 is 7.60 Å². The zero-order chi connectivity index (χ0) is 31.4. The predicted molar refractivity (Wildman–Crippen MR) is 148 cm³/mol. The fourth-order valence-corrected chi connectivity index (χ4v) is 4.77. The number of hydrogen-bond donors (Lipinski definition) is 4. The van der Waals surface area contributed by atoms with E-state index in [2.05, 4.69) is 16.6 Å². The summed E-state index contributed by atoms with van der Waals surface area (Å²) in [7, 11) is -4.50. The Balaban J connectivity index is 2.31. The zero-order valence-corrected chi connectivity index (χ0v) is 24.8. The van der Waals surface area contributed by atoms with Crippen molar-refractivity contribution in [1.82, 2.24) is 5.32 Å². The Morgan fingerprint density at radius 1 is 1.00 bits per heavy atom.